The summed E-state index contributed by atoms with van der Waals surface area (Å²) in [5, 5.41) is 5.54. The van der Waals surface area contributed by atoms with Gasteiger partial charge in [-0.1, -0.05) is 11.8 Å². The molecule has 3 rings (SSSR count). The van der Waals surface area contributed by atoms with E-state index in [-0.39, 0.29) is 16.7 Å². The number of thioether (sulfide) groups is 1. The zero-order chi connectivity index (χ0) is 22.1. The van der Waals surface area contributed by atoms with E-state index in [4.69, 9.17) is 10.7 Å². The molecule has 0 aromatic carbocycles. The van der Waals surface area contributed by atoms with Gasteiger partial charge in [0.25, 0.3) is 0 Å². The van der Waals surface area contributed by atoms with E-state index >= 15 is 0 Å². The third kappa shape index (κ3) is 5.51. The fourth-order valence-electron chi connectivity index (χ4n) is 3.64. The van der Waals surface area contributed by atoms with Crippen molar-refractivity contribution < 1.29 is 13.2 Å². The van der Waals surface area contributed by atoms with Gasteiger partial charge in [-0.05, 0) is 45.0 Å². The van der Waals surface area contributed by atoms with Crippen molar-refractivity contribution in [1.29, 1.82) is 0 Å². The molecule has 0 aromatic rings. The van der Waals surface area contributed by atoms with Crippen LogP contribution in [0.1, 0.15) is 26.7 Å². The predicted octanol–water partition coefficient (Wildman–Crippen LogP) is 2.35. The highest BCUT2D eigenvalue weighted by molar-refractivity contribution is 8.06. The van der Waals surface area contributed by atoms with Crippen molar-refractivity contribution in [3.8, 4) is 0 Å². The molecule has 0 aliphatic carbocycles. The van der Waals surface area contributed by atoms with E-state index in [1.165, 1.54) is 24.2 Å². The number of allylic oxidation sites excluding steroid dienone is 2. The van der Waals surface area contributed by atoms with Crippen molar-refractivity contribution >= 4 is 17.6 Å². The van der Waals surface area contributed by atoms with E-state index in [1.807, 2.05) is 19.0 Å². The van der Waals surface area contributed by atoms with Crippen LogP contribution in [-0.4, -0.2) is 71.9 Å². The number of rotatable bonds is 3. The maximum atomic E-state index is 13.6. The molecular weight excluding hydrogens is 415 g/mol. The first kappa shape index (κ1) is 23.0. The van der Waals surface area contributed by atoms with Gasteiger partial charge in [0.05, 0.1) is 5.03 Å². The average Bonchev–Trinajstić information content (AvgIpc) is 2.62. The van der Waals surface area contributed by atoms with Gasteiger partial charge < -0.3 is 21.4 Å². The van der Waals surface area contributed by atoms with Crippen molar-refractivity contribution in [2.45, 2.75) is 50.7 Å². The molecule has 7 nitrogen and oxygen atoms in total. The predicted molar refractivity (Wildman–Crippen MR) is 115 cm³/mol. The van der Waals surface area contributed by atoms with Crippen LogP contribution in [0.5, 0.6) is 0 Å². The molecule has 30 heavy (non-hydrogen) atoms. The second-order valence-electron chi connectivity index (χ2n) is 8.25. The molecule has 11 heteroatoms. The van der Waals surface area contributed by atoms with Crippen LogP contribution in [0.15, 0.2) is 39.5 Å². The largest absolute Gasteiger partial charge is 0.413 e. The molecule has 3 aliphatic rings. The number of nitrogens with zero attached hydrogens (tertiary/aromatic N) is 4. The van der Waals surface area contributed by atoms with Crippen LogP contribution in [0.4, 0.5) is 13.2 Å². The number of aliphatic imine (C=N–C) groups is 1. The molecule has 1 saturated heterocycles. The number of nitrogens with one attached hydrogen (secondary N) is 2. The first-order chi connectivity index (χ1) is 14.0. The molecule has 2 unspecified atom stereocenters. The van der Waals surface area contributed by atoms with Gasteiger partial charge in [-0.2, -0.15) is 18.2 Å². The van der Waals surface area contributed by atoms with Crippen LogP contribution in [0.25, 0.3) is 0 Å². The highest BCUT2D eigenvalue weighted by Crippen LogP contribution is 2.39. The zero-order valence-corrected chi connectivity index (χ0v) is 18.5. The number of likely N-dealkylation sites (N-methyl/N-ethyl adjacent to an activating group) is 1. The van der Waals surface area contributed by atoms with Crippen molar-refractivity contribution in [3.63, 3.8) is 0 Å². The summed E-state index contributed by atoms with van der Waals surface area (Å²) in [7, 11) is 3.30. The van der Waals surface area contributed by atoms with Crippen LogP contribution in [0.2, 0.25) is 0 Å². The average molecular weight is 446 g/mol. The first-order valence-corrected chi connectivity index (χ1v) is 10.7. The topological polar surface area (TPSA) is 72.2 Å². The van der Waals surface area contributed by atoms with Crippen LogP contribution < -0.4 is 16.5 Å². The van der Waals surface area contributed by atoms with E-state index in [0.717, 1.165) is 37.7 Å². The van der Waals surface area contributed by atoms with Crippen molar-refractivity contribution in [3.05, 3.63) is 34.5 Å². The fourth-order valence-corrected chi connectivity index (χ4v) is 4.76. The van der Waals surface area contributed by atoms with E-state index in [9.17, 15) is 13.2 Å². The molecule has 0 aromatic heterocycles. The van der Waals surface area contributed by atoms with Gasteiger partial charge >= 0.3 is 6.18 Å². The molecule has 3 heterocycles. The van der Waals surface area contributed by atoms with Crippen molar-refractivity contribution in [2.75, 3.05) is 27.2 Å². The third-order valence-electron chi connectivity index (χ3n) is 5.42. The molecule has 2 atom stereocenters. The lowest BCUT2D eigenvalue weighted by molar-refractivity contribution is -0.162. The third-order valence-corrected chi connectivity index (χ3v) is 6.46. The lowest BCUT2D eigenvalue weighted by atomic mass is 9.91. The fraction of sp³-hybridized carbons (Fsp3) is 0.632. The Morgan fingerprint density at radius 1 is 1.27 bits per heavy atom. The van der Waals surface area contributed by atoms with Crippen molar-refractivity contribution in [1.82, 2.24) is 25.6 Å². The van der Waals surface area contributed by atoms with E-state index in [2.05, 4.69) is 22.6 Å². The van der Waals surface area contributed by atoms with Crippen LogP contribution in [-0.2, 0) is 0 Å². The molecule has 0 amide bonds. The molecule has 1 fully saturated rings. The standard InChI is InChI=1S/C19H30F3N7S/c1-13-25-15(30-14-6-5-9-27(3)16(14)19(20,21)22)12-24-28(4)17(26-13)29-10-7-18(2,23)8-11-29/h5-6,9,12,16-17,24H,7-8,10-11,23H2,1-4H3,(H,25,26)/b15-12+. The highest BCUT2D eigenvalue weighted by atomic mass is 32.2. The SMILES string of the molecule is C/C1=N\C(N2CCC(C)(N)CC2)N(C)N/C=C(/SC2=CC=CN(C)C2C(F)(F)F)N1. The number of hydrazine groups is 1. The Bertz CT molecular complexity index is 750. The Balaban J connectivity index is 1.72. The van der Waals surface area contributed by atoms with Gasteiger partial charge in [-0.25, -0.2) is 4.99 Å². The first-order valence-electron chi connectivity index (χ1n) is 9.85. The Kier molecular flexibility index (Phi) is 6.75. The van der Waals surface area contributed by atoms with Gasteiger partial charge in [-0.3, -0.25) is 4.90 Å². The van der Waals surface area contributed by atoms with Crippen LogP contribution in [0, 0.1) is 0 Å². The van der Waals surface area contributed by atoms with E-state index in [0.29, 0.717) is 10.9 Å². The smallest absolute Gasteiger partial charge is 0.365 e. The van der Waals surface area contributed by atoms with Gasteiger partial charge in [0.2, 0.25) is 0 Å². The molecule has 0 bridgehead atoms. The number of likely N-dealkylation sites (tertiary alicyclic amines) is 1. The molecule has 0 spiro atoms. The molecule has 0 radical (unpaired) electrons. The summed E-state index contributed by atoms with van der Waals surface area (Å²) in [5.74, 6) is 0.636. The number of hydrogen-bond donors (Lipinski definition) is 3. The summed E-state index contributed by atoms with van der Waals surface area (Å²) in [6, 6.07) is -1.68. The Morgan fingerprint density at radius 3 is 2.57 bits per heavy atom. The van der Waals surface area contributed by atoms with Gasteiger partial charge in [-0.15, -0.1) is 0 Å². The van der Waals surface area contributed by atoms with Gasteiger partial charge in [0.1, 0.15) is 5.84 Å². The maximum Gasteiger partial charge on any atom is 0.413 e. The number of hydrogen-bond acceptors (Lipinski definition) is 8. The second-order valence-corrected chi connectivity index (χ2v) is 9.36. The van der Waals surface area contributed by atoms with E-state index in [1.54, 1.807) is 12.3 Å². The summed E-state index contributed by atoms with van der Waals surface area (Å²) in [6.45, 7) is 5.53. The van der Waals surface area contributed by atoms with Gasteiger partial charge in [0.15, 0.2) is 12.3 Å². The minimum atomic E-state index is -4.37. The minimum Gasteiger partial charge on any atom is -0.365 e. The number of nitrogens with two attached hydrogens (primary N) is 1. The number of alkyl halides is 3. The second kappa shape index (κ2) is 8.81. The Hall–Kier alpha value is -1.69. The normalized spacial score (nSPS) is 32.0. The number of piperidine rings is 1. The number of halogens is 3. The maximum absolute atomic E-state index is 13.6. The summed E-state index contributed by atoms with van der Waals surface area (Å²) < 4.78 is 40.7. The molecule has 168 valence electrons. The van der Waals surface area contributed by atoms with Gasteiger partial charge in [0, 0.05) is 43.8 Å². The highest BCUT2D eigenvalue weighted by Gasteiger charge is 2.45. The monoisotopic (exact) mass is 445 g/mol. The Labute approximate surface area is 179 Å². The Morgan fingerprint density at radius 2 is 1.93 bits per heavy atom. The lowest BCUT2D eigenvalue weighted by Gasteiger charge is -2.42. The molecular formula is C19H30F3N7S. The molecule has 4 N–H and O–H groups in total. The molecule has 0 saturated carbocycles. The van der Waals surface area contributed by atoms with Crippen LogP contribution in [0.3, 0.4) is 0 Å². The zero-order valence-electron chi connectivity index (χ0n) is 17.7. The van der Waals surface area contributed by atoms with Crippen molar-refractivity contribution in [2.24, 2.45) is 10.7 Å². The summed E-state index contributed by atoms with van der Waals surface area (Å²) in [5.41, 5.74) is 9.22. The minimum absolute atomic E-state index is 0.158. The summed E-state index contributed by atoms with van der Waals surface area (Å²) >= 11 is 1.04. The molecule has 3 aliphatic heterocycles. The lowest BCUT2D eigenvalue weighted by Crippen LogP contribution is -2.57. The number of amidine groups is 1. The van der Waals surface area contributed by atoms with Crippen LogP contribution >= 0.6 is 11.8 Å². The summed E-state index contributed by atoms with van der Waals surface area (Å²) in [6.07, 6.45) is 3.38. The summed E-state index contributed by atoms with van der Waals surface area (Å²) in [4.78, 5) is 8.35. The quantitative estimate of drug-likeness (QED) is 0.616. The van der Waals surface area contributed by atoms with E-state index < -0.39 is 12.2 Å².